The molecule has 128 valence electrons. The molecule has 4 atom stereocenters. The van der Waals surface area contributed by atoms with E-state index in [0.29, 0.717) is 24.5 Å². The monoisotopic (exact) mass is 317 g/mol. The smallest absolute Gasteiger partial charge is 0.310 e. The number of carbonyl (C=O) groups is 1. The Morgan fingerprint density at radius 2 is 1.78 bits per heavy atom. The first kappa shape index (κ1) is 16.8. The molecule has 3 rings (SSSR count). The molecule has 0 amide bonds. The highest BCUT2D eigenvalue weighted by Gasteiger charge is 2.36. The first-order valence-electron chi connectivity index (χ1n) is 9.49. The van der Waals surface area contributed by atoms with E-state index in [1.807, 2.05) is 0 Å². The van der Waals surface area contributed by atoms with Crippen LogP contribution in [0.1, 0.15) is 51.9 Å². The Hall–Kier alpha value is -1.09. The second-order valence-corrected chi connectivity index (χ2v) is 7.44. The molecular weight excluding hydrogens is 286 g/mol. The molecule has 0 aromatic carbocycles. The Balaban J connectivity index is 1.59. The van der Waals surface area contributed by atoms with Crippen molar-refractivity contribution in [2.45, 2.75) is 57.9 Å². The van der Waals surface area contributed by atoms with Gasteiger partial charge < -0.3 is 4.74 Å². The first-order chi connectivity index (χ1) is 11.3. The van der Waals surface area contributed by atoms with Gasteiger partial charge in [-0.3, -0.25) is 9.69 Å². The van der Waals surface area contributed by atoms with Gasteiger partial charge in [0.1, 0.15) is 6.61 Å². The number of hydrogen-bond donors (Lipinski definition) is 0. The Bertz CT molecular complexity index is 451. The Morgan fingerprint density at radius 3 is 2.43 bits per heavy atom. The number of hydrogen-bond acceptors (Lipinski definition) is 3. The van der Waals surface area contributed by atoms with E-state index in [2.05, 4.69) is 36.1 Å². The van der Waals surface area contributed by atoms with Crippen molar-refractivity contribution in [3.63, 3.8) is 0 Å². The molecule has 3 heteroatoms. The maximum Gasteiger partial charge on any atom is 0.310 e. The highest BCUT2D eigenvalue weighted by atomic mass is 16.5. The Morgan fingerprint density at radius 1 is 1.09 bits per heavy atom. The van der Waals surface area contributed by atoms with Crippen LogP contribution >= 0.6 is 0 Å². The number of allylic oxidation sites excluding steroid dienone is 4. The minimum Gasteiger partial charge on any atom is -0.464 e. The van der Waals surface area contributed by atoms with Gasteiger partial charge in [0.15, 0.2) is 0 Å². The van der Waals surface area contributed by atoms with Crippen LogP contribution in [0.2, 0.25) is 0 Å². The van der Waals surface area contributed by atoms with Crippen molar-refractivity contribution >= 4 is 5.97 Å². The van der Waals surface area contributed by atoms with Crippen LogP contribution in [0.25, 0.3) is 0 Å². The summed E-state index contributed by atoms with van der Waals surface area (Å²) in [6.07, 6.45) is 17.2. The van der Waals surface area contributed by atoms with E-state index >= 15 is 0 Å². The average Bonchev–Trinajstić information content (AvgIpc) is 3.27. The molecular formula is C20H31NO2. The fraction of sp³-hybridized carbons (Fsp3) is 0.750. The highest BCUT2D eigenvalue weighted by molar-refractivity contribution is 5.74. The van der Waals surface area contributed by atoms with Crippen molar-refractivity contribution in [1.82, 2.24) is 4.90 Å². The van der Waals surface area contributed by atoms with E-state index in [9.17, 15) is 4.79 Å². The topological polar surface area (TPSA) is 29.5 Å². The molecule has 0 bridgehead atoms. The molecule has 3 nitrogen and oxygen atoms in total. The number of rotatable bonds is 6. The van der Waals surface area contributed by atoms with Gasteiger partial charge >= 0.3 is 5.97 Å². The number of nitrogens with zero attached hydrogens (tertiary/aromatic N) is 1. The summed E-state index contributed by atoms with van der Waals surface area (Å²) in [6, 6.07) is 0.350. The van der Waals surface area contributed by atoms with Crippen molar-refractivity contribution in [3.05, 3.63) is 24.3 Å². The molecule has 0 unspecified atom stereocenters. The van der Waals surface area contributed by atoms with Crippen LogP contribution in [0, 0.1) is 17.8 Å². The first-order valence-corrected chi connectivity index (χ1v) is 9.49. The number of likely N-dealkylation sites (tertiary alicyclic amines) is 1. The highest BCUT2D eigenvalue weighted by Crippen LogP contribution is 2.36. The third-order valence-electron chi connectivity index (χ3n) is 5.77. The fourth-order valence-corrected chi connectivity index (χ4v) is 4.35. The van der Waals surface area contributed by atoms with Crippen LogP contribution in [0.5, 0.6) is 0 Å². The molecule has 23 heavy (non-hydrogen) atoms. The van der Waals surface area contributed by atoms with Crippen molar-refractivity contribution in [2.75, 3.05) is 19.7 Å². The maximum atomic E-state index is 12.8. The number of carbonyl (C=O) groups excluding carboxylic acids is 1. The summed E-state index contributed by atoms with van der Waals surface area (Å²) in [4.78, 5) is 15.3. The van der Waals surface area contributed by atoms with E-state index in [1.54, 1.807) is 0 Å². The lowest BCUT2D eigenvalue weighted by molar-refractivity contribution is -0.153. The van der Waals surface area contributed by atoms with E-state index in [1.165, 1.54) is 19.3 Å². The molecule has 0 aromatic rings. The summed E-state index contributed by atoms with van der Waals surface area (Å²) in [7, 11) is 0. The van der Waals surface area contributed by atoms with Crippen LogP contribution in [-0.2, 0) is 9.53 Å². The lowest BCUT2D eigenvalue weighted by Crippen LogP contribution is -2.37. The Labute approximate surface area is 140 Å². The van der Waals surface area contributed by atoms with Gasteiger partial charge in [0, 0.05) is 6.04 Å². The zero-order valence-corrected chi connectivity index (χ0v) is 14.5. The normalized spacial score (nSPS) is 30.5. The third-order valence-corrected chi connectivity index (χ3v) is 5.77. The SMILES string of the molecule is C[C@@H](COC(=O)[C@H]([C@H]1C=CCC1)[C@H]1C=CCCC1)N1CCCC1. The molecule has 2 aliphatic carbocycles. The predicted molar refractivity (Wildman–Crippen MR) is 93.1 cm³/mol. The van der Waals surface area contributed by atoms with Crippen LogP contribution in [0.15, 0.2) is 24.3 Å². The van der Waals surface area contributed by atoms with Gasteiger partial charge in [-0.15, -0.1) is 0 Å². The van der Waals surface area contributed by atoms with Gasteiger partial charge in [-0.1, -0.05) is 24.3 Å². The summed E-state index contributed by atoms with van der Waals surface area (Å²) in [5.74, 6) is 0.795. The second kappa shape index (κ2) is 8.14. The molecule has 0 radical (unpaired) electrons. The molecule has 1 fully saturated rings. The zero-order chi connectivity index (χ0) is 16.1. The van der Waals surface area contributed by atoms with Crippen LogP contribution in [0.3, 0.4) is 0 Å². The summed E-state index contributed by atoms with van der Waals surface area (Å²) >= 11 is 0. The molecule has 3 aliphatic rings. The van der Waals surface area contributed by atoms with Crippen LogP contribution in [-0.4, -0.2) is 36.6 Å². The second-order valence-electron chi connectivity index (χ2n) is 7.44. The quantitative estimate of drug-likeness (QED) is 0.549. The minimum absolute atomic E-state index is 0.0241. The molecule has 0 N–H and O–H groups in total. The van der Waals surface area contributed by atoms with Gasteiger partial charge in [-0.25, -0.2) is 0 Å². The van der Waals surface area contributed by atoms with Crippen molar-refractivity contribution < 1.29 is 9.53 Å². The third kappa shape index (κ3) is 4.26. The minimum atomic E-state index is 0.0241. The summed E-state index contributed by atoms with van der Waals surface area (Å²) in [5.41, 5.74) is 0. The molecule has 0 spiro atoms. The molecule has 1 heterocycles. The van der Waals surface area contributed by atoms with E-state index in [4.69, 9.17) is 4.74 Å². The molecule has 0 aromatic heterocycles. The number of esters is 1. The van der Waals surface area contributed by atoms with Crippen molar-refractivity contribution in [1.29, 1.82) is 0 Å². The van der Waals surface area contributed by atoms with Crippen LogP contribution < -0.4 is 0 Å². The van der Waals surface area contributed by atoms with Crippen LogP contribution in [0.4, 0.5) is 0 Å². The fourth-order valence-electron chi connectivity index (χ4n) is 4.35. The summed E-state index contributed by atoms with van der Waals surface area (Å²) < 4.78 is 5.80. The molecule has 0 saturated carbocycles. The predicted octanol–water partition coefficient (Wildman–Crippen LogP) is 3.95. The van der Waals surface area contributed by atoms with Gasteiger partial charge in [-0.2, -0.15) is 0 Å². The lowest BCUT2D eigenvalue weighted by atomic mass is 9.77. The van der Waals surface area contributed by atoms with Gasteiger partial charge in [-0.05, 0) is 76.8 Å². The largest absolute Gasteiger partial charge is 0.464 e. The molecule has 1 aliphatic heterocycles. The van der Waals surface area contributed by atoms with E-state index in [-0.39, 0.29) is 11.9 Å². The summed E-state index contributed by atoms with van der Waals surface area (Å²) in [6.45, 7) is 5.03. The van der Waals surface area contributed by atoms with Gasteiger partial charge in [0.25, 0.3) is 0 Å². The van der Waals surface area contributed by atoms with E-state index in [0.717, 1.165) is 38.8 Å². The Kier molecular flexibility index (Phi) is 5.93. The maximum absolute atomic E-state index is 12.8. The number of ether oxygens (including phenoxy) is 1. The lowest BCUT2D eigenvalue weighted by Gasteiger charge is -2.30. The van der Waals surface area contributed by atoms with Gasteiger partial charge in [0.2, 0.25) is 0 Å². The van der Waals surface area contributed by atoms with Gasteiger partial charge in [0.05, 0.1) is 5.92 Å². The summed E-state index contributed by atoms with van der Waals surface area (Å²) in [5, 5.41) is 0. The molecule has 1 saturated heterocycles. The van der Waals surface area contributed by atoms with Crippen molar-refractivity contribution in [3.8, 4) is 0 Å². The standard InChI is InChI=1S/C20H31NO2/c1-16(21-13-7-8-14-21)15-23-20(22)19(18-11-5-6-12-18)17-9-3-2-4-10-17/h3,5,9,11,16-19H,2,4,6-8,10,12-15H2,1H3/t16-,17-,18-,19-/m0/s1. The van der Waals surface area contributed by atoms with E-state index < -0.39 is 0 Å². The van der Waals surface area contributed by atoms with Crippen molar-refractivity contribution in [2.24, 2.45) is 17.8 Å². The average molecular weight is 317 g/mol. The zero-order valence-electron chi connectivity index (χ0n) is 14.5.